The third-order valence-electron chi connectivity index (χ3n) is 4.65. The number of phenols is 1. The molecule has 2 rings (SSSR count). The first-order chi connectivity index (χ1) is 8.00. The Balaban J connectivity index is 2.15. The van der Waals surface area contributed by atoms with Gasteiger partial charge in [-0.3, -0.25) is 0 Å². The summed E-state index contributed by atoms with van der Waals surface area (Å²) in [5, 5.41) is 9.37. The van der Waals surface area contributed by atoms with Crippen LogP contribution in [0.4, 0.5) is 0 Å². The Morgan fingerprint density at radius 3 is 2.06 bits per heavy atom. The molecule has 1 aromatic rings. The van der Waals surface area contributed by atoms with Crippen molar-refractivity contribution < 1.29 is 5.11 Å². The van der Waals surface area contributed by atoms with Crippen LogP contribution in [0.3, 0.4) is 0 Å². The van der Waals surface area contributed by atoms with E-state index in [0.29, 0.717) is 5.75 Å². The van der Waals surface area contributed by atoms with Crippen molar-refractivity contribution in [3.05, 3.63) is 29.8 Å². The van der Waals surface area contributed by atoms with Gasteiger partial charge in [-0.1, -0.05) is 45.7 Å². The highest BCUT2D eigenvalue weighted by Crippen LogP contribution is 2.42. The van der Waals surface area contributed by atoms with Crippen molar-refractivity contribution in [2.45, 2.75) is 51.9 Å². The van der Waals surface area contributed by atoms with Gasteiger partial charge < -0.3 is 5.11 Å². The average Bonchev–Trinajstić information content (AvgIpc) is 2.30. The van der Waals surface area contributed by atoms with E-state index in [1.54, 1.807) is 0 Å². The highest BCUT2D eigenvalue weighted by Gasteiger charge is 2.33. The summed E-state index contributed by atoms with van der Waals surface area (Å²) in [4.78, 5) is 0. The molecule has 1 heteroatoms. The van der Waals surface area contributed by atoms with Crippen LogP contribution in [0.5, 0.6) is 5.75 Å². The van der Waals surface area contributed by atoms with Crippen LogP contribution >= 0.6 is 0 Å². The van der Waals surface area contributed by atoms with Gasteiger partial charge in [-0.2, -0.15) is 0 Å². The molecule has 0 atom stereocenters. The largest absolute Gasteiger partial charge is 0.508 e. The first-order valence-corrected chi connectivity index (χ1v) is 6.79. The number of phenolic OH excluding ortho intramolecular Hbond substituents is 1. The van der Waals surface area contributed by atoms with E-state index in [1.807, 2.05) is 12.1 Å². The molecule has 0 aromatic heterocycles. The molecule has 94 valence electrons. The Morgan fingerprint density at radius 2 is 1.53 bits per heavy atom. The van der Waals surface area contributed by atoms with Gasteiger partial charge in [-0.15, -0.1) is 0 Å². The van der Waals surface area contributed by atoms with E-state index in [9.17, 15) is 5.11 Å². The zero-order chi connectivity index (χ0) is 12.5. The van der Waals surface area contributed by atoms with Gasteiger partial charge in [0, 0.05) is 0 Å². The fraction of sp³-hybridized carbons (Fsp3) is 0.625. The van der Waals surface area contributed by atoms with Crippen LogP contribution in [0, 0.1) is 11.8 Å². The molecule has 1 aliphatic carbocycles. The summed E-state index contributed by atoms with van der Waals surface area (Å²) in [5.74, 6) is 2.05. The second-order valence-corrected chi connectivity index (χ2v) is 6.23. The Morgan fingerprint density at radius 1 is 1.00 bits per heavy atom. The lowest BCUT2D eigenvalue weighted by Gasteiger charge is -2.39. The van der Waals surface area contributed by atoms with E-state index in [0.717, 1.165) is 11.8 Å². The van der Waals surface area contributed by atoms with Gasteiger partial charge in [0.1, 0.15) is 5.75 Å². The normalized spacial score (nSPS) is 25.8. The first kappa shape index (κ1) is 12.5. The maximum Gasteiger partial charge on any atom is 0.115 e. The van der Waals surface area contributed by atoms with Crippen LogP contribution in [0.25, 0.3) is 0 Å². The summed E-state index contributed by atoms with van der Waals surface area (Å²) in [6, 6.07) is 7.77. The summed E-state index contributed by atoms with van der Waals surface area (Å²) < 4.78 is 0. The molecule has 1 aliphatic rings. The summed E-state index contributed by atoms with van der Waals surface area (Å²) in [7, 11) is 0. The maximum absolute atomic E-state index is 9.37. The monoisotopic (exact) mass is 232 g/mol. The van der Waals surface area contributed by atoms with E-state index < -0.39 is 0 Å². The van der Waals surface area contributed by atoms with Crippen LogP contribution in [0.15, 0.2) is 24.3 Å². The Bertz CT molecular complexity index is 356. The lowest BCUT2D eigenvalue weighted by molar-refractivity contribution is 0.202. The average molecular weight is 232 g/mol. The van der Waals surface area contributed by atoms with Crippen molar-refractivity contribution in [1.29, 1.82) is 0 Å². The van der Waals surface area contributed by atoms with Crippen molar-refractivity contribution in [2.75, 3.05) is 0 Å². The van der Waals surface area contributed by atoms with Gasteiger partial charge in [-0.05, 0) is 47.8 Å². The highest BCUT2D eigenvalue weighted by atomic mass is 16.3. The maximum atomic E-state index is 9.37. The first-order valence-electron chi connectivity index (χ1n) is 6.79. The summed E-state index contributed by atoms with van der Waals surface area (Å²) in [6.45, 7) is 7.06. The number of hydrogen-bond donors (Lipinski definition) is 1. The Hall–Kier alpha value is -0.980. The smallest absolute Gasteiger partial charge is 0.115 e. The molecule has 0 saturated heterocycles. The van der Waals surface area contributed by atoms with Crippen molar-refractivity contribution >= 4 is 0 Å². The highest BCUT2D eigenvalue weighted by molar-refractivity contribution is 5.31. The molecule has 1 N–H and O–H groups in total. The van der Waals surface area contributed by atoms with Gasteiger partial charge in [-0.25, -0.2) is 0 Å². The summed E-state index contributed by atoms with van der Waals surface area (Å²) in [6.07, 6.45) is 5.42. The van der Waals surface area contributed by atoms with Crippen LogP contribution in [0.1, 0.15) is 52.0 Å². The topological polar surface area (TPSA) is 20.2 Å². The minimum atomic E-state index is 0.230. The van der Waals surface area contributed by atoms with Crippen molar-refractivity contribution in [3.8, 4) is 5.75 Å². The third-order valence-corrected chi connectivity index (χ3v) is 4.65. The summed E-state index contributed by atoms with van der Waals surface area (Å²) >= 11 is 0. The van der Waals surface area contributed by atoms with Gasteiger partial charge in [0.05, 0.1) is 0 Å². The zero-order valence-corrected chi connectivity index (χ0v) is 11.2. The minimum absolute atomic E-state index is 0.230. The SMILES string of the molecule is CC1CCC(C(C)(C)c2ccc(O)cc2)CC1. The lowest BCUT2D eigenvalue weighted by Crippen LogP contribution is -2.31. The van der Waals surface area contributed by atoms with Crippen molar-refractivity contribution in [2.24, 2.45) is 11.8 Å². The fourth-order valence-electron chi connectivity index (χ4n) is 3.11. The molecular formula is C16H24O. The molecule has 0 heterocycles. The molecule has 0 spiro atoms. The molecule has 0 radical (unpaired) electrons. The molecule has 17 heavy (non-hydrogen) atoms. The van der Waals surface area contributed by atoms with Crippen LogP contribution in [-0.4, -0.2) is 5.11 Å². The standard InChI is InChI=1S/C16H24O/c1-12-4-6-13(7-5-12)16(2,3)14-8-10-15(17)11-9-14/h8-13,17H,4-7H2,1-3H3. The van der Waals surface area contributed by atoms with E-state index in [2.05, 4.69) is 32.9 Å². The number of aromatic hydroxyl groups is 1. The predicted molar refractivity (Wildman–Crippen MR) is 72.3 cm³/mol. The van der Waals surface area contributed by atoms with E-state index in [1.165, 1.54) is 31.2 Å². The molecule has 1 saturated carbocycles. The van der Waals surface area contributed by atoms with Gasteiger partial charge in [0.15, 0.2) is 0 Å². The quantitative estimate of drug-likeness (QED) is 0.796. The molecule has 0 amide bonds. The van der Waals surface area contributed by atoms with E-state index in [-0.39, 0.29) is 5.41 Å². The molecule has 0 bridgehead atoms. The zero-order valence-electron chi connectivity index (χ0n) is 11.2. The molecule has 1 nitrogen and oxygen atoms in total. The minimum Gasteiger partial charge on any atom is -0.508 e. The van der Waals surface area contributed by atoms with Crippen molar-refractivity contribution in [1.82, 2.24) is 0 Å². The van der Waals surface area contributed by atoms with Crippen LogP contribution in [0.2, 0.25) is 0 Å². The lowest BCUT2D eigenvalue weighted by atomic mass is 9.66. The Kier molecular flexibility index (Phi) is 3.46. The molecule has 0 aliphatic heterocycles. The molecule has 0 unspecified atom stereocenters. The van der Waals surface area contributed by atoms with Gasteiger partial charge in [0.2, 0.25) is 0 Å². The predicted octanol–water partition coefficient (Wildman–Crippen LogP) is 4.50. The number of rotatable bonds is 2. The second-order valence-electron chi connectivity index (χ2n) is 6.23. The number of hydrogen-bond acceptors (Lipinski definition) is 1. The fourth-order valence-corrected chi connectivity index (χ4v) is 3.11. The van der Waals surface area contributed by atoms with E-state index in [4.69, 9.17) is 0 Å². The van der Waals surface area contributed by atoms with Crippen molar-refractivity contribution in [3.63, 3.8) is 0 Å². The Labute approximate surface area is 105 Å². The number of benzene rings is 1. The molecule has 1 aromatic carbocycles. The summed E-state index contributed by atoms with van der Waals surface area (Å²) in [5.41, 5.74) is 1.59. The van der Waals surface area contributed by atoms with Gasteiger partial charge >= 0.3 is 0 Å². The van der Waals surface area contributed by atoms with Crippen LogP contribution < -0.4 is 0 Å². The third kappa shape index (κ3) is 2.65. The second kappa shape index (κ2) is 4.72. The van der Waals surface area contributed by atoms with Gasteiger partial charge in [0.25, 0.3) is 0 Å². The molecule has 1 fully saturated rings. The van der Waals surface area contributed by atoms with Crippen LogP contribution in [-0.2, 0) is 5.41 Å². The molecular weight excluding hydrogens is 208 g/mol. The van der Waals surface area contributed by atoms with E-state index >= 15 is 0 Å².